The summed E-state index contributed by atoms with van der Waals surface area (Å²) in [5.74, 6) is 0. The highest BCUT2D eigenvalue weighted by atomic mass is 79.9. The number of thiol groups is 1. The van der Waals surface area contributed by atoms with Gasteiger partial charge in [-0.05, 0) is 0 Å². The number of hydrogen-bond acceptors (Lipinski definition) is 3. The normalized spacial score (nSPS) is 21.9. The van der Waals surface area contributed by atoms with Crippen LogP contribution in [0.5, 0.6) is 0 Å². The Labute approximate surface area is 59.2 Å². The van der Waals surface area contributed by atoms with Crippen LogP contribution in [0.25, 0.3) is 0 Å². The molecule has 1 aliphatic heterocycles. The molecule has 4 heteroatoms. The van der Waals surface area contributed by atoms with Crippen molar-refractivity contribution >= 4 is 29.6 Å². The van der Waals surface area contributed by atoms with Crippen LogP contribution >= 0.6 is 29.6 Å². The second-order valence-electron chi connectivity index (χ2n) is 1.31. The maximum Gasteiger partial charge on any atom is 0.103 e. The van der Waals surface area contributed by atoms with Crippen molar-refractivity contribution in [2.75, 3.05) is 13.1 Å². The summed E-state index contributed by atoms with van der Waals surface area (Å²) in [6.07, 6.45) is 0. The van der Waals surface area contributed by atoms with Gasteiger partial charge in [0.2, 0.25) is 0 Å². The van der Waals surface area contributed by atoms with Crippen molar-refractivity contribution in [2.24, 2.45) is 0 Å². The third-order valence-electron chi connectivity index (χ3n) is 0.800. The lowest BCUT2D eigenvalue weighted by Gasteiger charge is -1.96. The summed E-state index contributed by atoms with van der Waals surface area (Å²) in [5, 5.41) is 6.15. The Morgan fingerprint density at radius 3 is 1.86 bits per heavy atom. The maximum atomic E-state index is 4.07. The van der Waals surface area contributed by atoms with Gasteiger partial charge in [0.05, 0.1) is 0 Å². The molecule has 2 N–H and O–H groups in total. The molecular formula is C3H9BrN2S. The van der Waals surface area contributed by atoms with E-state index in [4.69, 9.17) is 0 Å². The Balaban J connectivity index is 0.000000360. The van der Waals surface area contributed by atoms with E-state index in [9.17, 15) is 0 Å². The minimum Gasteiger partial charge on any atom is -0.292 e. The second-order valence-corrected chi connectivity index (χ2v) is 1.83. The smallest absolute Gasteiger partial charge is 0.103 e. The van der Waals surface area contributed by atoms with Crippen LogP contribution < -0.4 is 10.6 Å². The van der Waals surface area contributed by atoms with Gasteiger partial charge in [-0.25, -0.2) is 0 Å². The van der Waals surface area contributed by atoms with E-state index in [1.807, 2.05) is 0 Å². The van der Waals surface area contributed by atoms with E-state index in [-0.39, 0.29) is 22.5 Å². The van der Waals surface area contributed by atoms with Crippen LogP contribution in [0.2, 0.25) is 0 Å². The fourth-order valence-electron chi connectivity index (χ4n) is 0.490. The highest BCUT2D eigenvalue weighted by molar-refractivity contribution is 8.93. The lowest BCUT2D eigenvalue weighted by atomic mass is 10.7. The highest BCUT2D eigenvalue weighted by Crippen LogP contribution is 1.86. The van der Waals surface area contributed by atoms with Crippen LogP contribution in [0, 0.1) is 0 Å². The molecule has 0 aromatic rings. The van der Waals surface area contributed by atoms with Crippen LogP contribution in [0.3, 0.4) is 0 Å². The molecule has 1 rings (SSSR count). The summed E-state index contributed by atoms with van der Waals surface area (Å²) in [6.45, 7) is 2.10. The molecule has 1 aliphatic rings. The zero-order valence-electron chi connectivity index (χ0n) is 3.85. The molecule has 0 radical (unpaired) electrons. The monoisotopic (exact) mass is 184 g/mol. The molecule has 1 fully saturated rings. The minimum absolute atomic E-state index is 0. The van der Waals surface area contributed by atoms with Crippen molar-refractivity contribution in [1.82, 2.24) is 10.6 Å². The predicted octanol–water partition coefficient (Wildman–Crippen LogP) is -0.0295. The summed E-state index contributed by atoms with van der Waals surface area (Å²) < 4.78 is 0. The van der Waals surface area contributed by atoms with Crippen molar-refractivity contribution < 1.29 is 0 Å². The number of halogens is 1. The van der Waals surface area contributed by atoms with Crippen LogP contribution in [0.15, 0.2) is 0 Å². The van der Waals surface area contributed by atoms with Gasteiger partial charge in [0, 0.05) is 13.1 Å². The Bertz CT molecular complexity index is 46.2. The van der Waals surface area contributed by atoms with E-state index in [0.29, 0.717) is 0 Å². The summed E-state index contributed by atoms with van der Waals surface area (Å²) in [5.41, 5.74) is 0.241. The molecule has 0 amide bonds. The predicted molar refractivity (Wildman–Crippen MR) is 39.1 cm³/mol. The minimum atomic E-state index is 0. The van der Waals surface area contributed by atoms with E-state index < -0.39 is 0 Å². The summed E-state index contributed by atoms with van der Waals surface area (Å²) >= 11 is 4.07. The molecule has 44 valence electrons. The molecule has 0 bridgehead atoms. The van der Waals surface area contributed by atoms with Gasteiger partial charge in [-0.15, -0.1) is 29.6 Å². The molecule has 0 saturated carbocycles. The van der Waals surface area contributed by atoms with E-state index >= 15 is 0 Å². The Hall–Kier alpha value is 0.750. The first-order valence-electron chi connectivity index (χ1n) is 2.04. The highest BCUT2D eigenvalue weighted by Gasteiger charge is 2.04. The quantitative estimate of drug-likeness (QED) is 0.462. The van der Waals surface area contributed by atoms with Crippen molar-refractivity contribution in [2.45, 2.75) is 5.50 Å². The standard InChI is InChI=1S/C3H8N2S.BrH/c6-3-4-1-2-5-3;/h3-6H,1-2H2;1H. The van der Waals surface area contributed by atoms with Gasteiger partial charge in [-0.2, -0.15) is 0 Å². The van der Waals surface area contributed by atoms with Gasteiger partial charge in [0.1, 0.15) is 5.50 Å². The average Bonchev–Trinajstić information content (AvgIpc) is 1.86. The summed E-state index contributed by atoms with van der Waals surface area (Å²) in [6, 6.07) is 0. The SMILES string of the molecule is Br.SC1NCCN1. The van der Waals surface area contributed by atoms with E-state index in [2.05, 4.69) is 23.3 Å². The van der Waals surface area contributed by atoms with Gasteiger partial charge in [0.25, 0.3) is 0 Å². The number of nitrogens with one attached hydrogen (secondary N) is 2. The van der Waals surface area contributed by atoms with Crippen LogP contribution in [0.4, 0.5) is 0 Å². The zero-order chi connectivity index (χ0) is 4.41. The molecular weight excluding hydrogens is 176 g/mol. The molecule has 0 atom stereocenters. The first kappa shape index (κ1) is 7.75. The first-order chi connectivity index (χ1) is 2.89. The molecule has 1 heterocycles. The molecule has 2 nitrogen and oxygen atoms in total. The fourth-order valence-corrected chi connectivity index (χ4v) is 0.748. The topological polar surface area (TPSA) is 24.1 Å². The molecule has 0 spiro atoms. The summed E-state index contributed by atoms with van der Waals surface area (Å²) in [7, 11) is 0. The first-order valence-corrected chi connectivity index (χ1v) is 2.56. The van der Waals surface area contributed by atoms with Gasteiger partial charge < -0.3 is 0 Å². The number of hydrogen-bond donors (Lipinski definition) is 3. The Morgan fingerprint density at radius 1 is 1.29 bits per heavy atom. The molecule has 0 aliphatic carbocycles. The molecule has 0 unspecified atom stereocenters. The zero-order valence-corrected chi connectivity index (χ0v) is 6.45. The van der Waals surface area contributed by atoms with E-state index in [1.54, 1.807) is 0 Å². The van der Waals surface area contributed by atoms with Gasteiger partial charge in [-0.3, -0.25) is 10.6 Å². The molecule has 0 aromatic heterocycles. The third-order valence-corrected chi connectivity index (χ3v) is 1.17. The van der Waals surface area contributed by atoms with Crippen molar-refractivity contribution in [1.29, 1.82) is 0 Å². The second kappa shape index (κ2) is 3.72. The van der Waals surface area contributed by atoms with Gasteiger partial charge in [0.15, 0.2) is 0 Å². The Kier molecular flexibility index (Phi) is 4.11. The van der Waals surface area contributed by atoms with E-state index in [1.165, 1.54) is 0 Å². The molecule has 0 aromatic carbocycles. The van der Waals surface area contributed by atoms with Crippen molar-refractivity contribution in [3.05, 3.63) is 0 Å². The van der Waals surface area contributed by atoms with Gasteiger partial charge >= 0.3 is 0 Å². The Morgan fingerprint density at radius 2 is 1.71 bits per heavy atom. The van der Waals surface area contributed by atoms with Crippen LogP contribution in [-0.2, 0) is 0 Å². The maximum absolute atomic E-state index is 4.07. The van der Waals surface area contributed by atoms with Gasteiger partial charge in [-0.1, -0.05) is 0 Å². The summed E-state index contributed by atoms with van der Waals surface area (Å²) in [4.78, 5) is 0. The van der Waals surface area contributed by atoms with Crippen molar-refractivity contribution in [3.63, 3.8) is 0 Å². The largest absolute Gasteiger partial charge is 0.292 e. The molecule has 7 heavy (non-hydrogen) atoms. The fraction of sp³-hybridized carbons (Fsp3) is 1.00. The van der Waals surface area contributed by atoms with E-state index in [0.717, 1.165) is 13.1 Å². The number of rotatable bonds is 0. The van der Waals surface area contributed by atoms with Crippen LogP contribution in [0.1, 0.15) is 0 Å². The lowest BCUT2D eigenvalue weighted by Crippen LogP contribution is -2.23. The van der Waals surface area contributed by atoms with Crippen LogP contribution in [-0.4, -0.2) is 18.6 Å². The lowest BCUT2D eigenvalue weighted by molar-refractivity contribution is 0.751. The average molecular weight is 185 g/mol. The van der Waals surface area contributed by atoms with Crippen molar-refractivity contribution in [3.8, 4) is 0 Å². The molecule has 1 saturated heterocycles. The third kappa shape index (κ3) is 2.54.